The molecule has 4 unspecified atom stereocenters. The summed E-state index contributed by atoms with van der Waals surface area (Å²) in [7, 11) is 0. The van der Waals surface area contributed by atoms with Gasteiger partial charge in [-0.1, -0.05) is 13.8 Å². The van der Waals surface area contributed by atoms with Crippen LogP contribution in [0, 0.1) is 11.8 Å². The lowest BCUT2D eigenvalue weighted by molar-refractivity contribution is -0.131. The number of hydrogen-bond acceptors (Lipinski definition) is 4. The second-order valence-electron chi connectivity index (χ2n) is 5.82. The van der Waals surface area contributed by atoms with Gasteiger partial charge in [0.1, 0.15) is 6.10 Å². The van der Waals surface area contributed by atoms with E-state index in [0.29, 0.717) is 18.3 Å². The van der Waals surface area contributed by atoms with Crippen LogP contribution < -0.4 is 0 Å². The summed E-state index contributed by atoms with van der Waals surface area (Å²) in [6.45, 7) is 6.08. The van der Waals surface area contributed by atoms with Crippen molar-refractivity contribution in [3.05, 3.63) is 0 Å². The van der Waals surface area contributed by atoms with Gasteiger partial charge in [-0.05, 0) is 31.6 Å². The molecule has 0 spiro atoms. The predicted octanol–water partition coefficient (Wildman–Crippen LogP) is 0.932. The molecule has 0 amide bonds. The Labute approximate surface area is 104 Å². The number of hydrogen-bond donors (Lipinski definition) is 3. The number of ether oxygens (including phenoxy) is 1. The number of rotatable bonds is 5. The lowest BCUT2D eigenvalue weighted by atomic mass is 9.73. The molecule has 0 aliphatic heterocycles. The van der Waals surface area contributed by atoms with Crippen molar-refractivity contribution in [2.24, 2.45) is 11.8 Å². The summed E-state index contributed by atoms with van der Waals surface area (Å²) < 4.78 is 5.65. The summed E-state index contributed by atoms with van der Waals surface area (Å²) in [5, 5.41) is 28.1. The molecule has 17 heavy (non-hydrogen) atoms. The fraction of sp³-hybridized carbons (Fsp3) is 1.00. The Kier molecular flexibility index (Phi) is 5.38. The van der Waals surface area contributed by atoms with Crippen LogP contribution in [0.5, 0.6) is 0 Å². The van der Waals surface area contributed by atoms with Gasteiger partial charge in [0.2, 0.25) is 0 Å². The third-order valence-electron chi connectivity index (χ3n) is 3.83. The third-order valence-corrected chi connectivity index (χ3v) is 3.83. The molecule has 0 aromatic heterocycles. The van der Waals surface area contributed by atoms with E-state index in [1.54, 1.807) is 0 Å². The molecule has 0 aromatic rings. The molecule has 4 heteroatoms. The Morgan fingerprint density at radius 1 is 1.41 bits per heavy atom. The van der Waals surface area contributed by atoms with Gasteiger partial charge in [0.05, 0.1) is 24.9 Å². The minimum absolute atomic E-state index is 0.131. The normalized spacial score (nSPS) is 36.2. The smallest absolute Gasteiger partial charge is 0.100 e. The first kappa shape index (κ1) is 14.9. The highest BCUT2D eigenvalue weighted by molar-refractivity contribution is 4.90. The molecule has 1 saturated carbocycles. The fourth-order valence-electron chi connectivity index (χ4n) is 2.62. The minimum Gasteiger partial charge on any atom is -0.394 e. The summed E-state index contributed by atoms with van der Waals surface area (Å²) in [6, 6.07) is 0. The van der Waals surface area contributed by atoms with E-state index in [1.165, 1.54) is 0 Å². The van der Waals surface area contributed by atoms with Crippen LogP contribution in [0.2, 0.25) is 0 Å². The van der Waals surface area contributed by atoms with Crippen LogP contribution in [-0.4, -0.2) is 46.3 Å². The molecule has 0 bridgehead atoms. The maximum atomic E-state index is 10.1. The molecule has 1 rings (SSSR count). The molecular formula is C13H26O4. The first-order chi connectivity index (χ1) is 7.88. The van der Waals surface area contributed by atoms with Crippen LogP contribution in [0.1, 0.15) is 40.0 Å². The molecule has 1 aliphatic rings. The highest BCUT2D eigenvalue weighted by Gasteiger charge is 2.38. The molecule has 0 heterocycles. The molecule has 3 N–H and O–H groups in total. The lowest BCUT2D eigenvalue weighted by Crippen LogP contribution is -2.44. The van der Waals surface area contributed by atoms with Crippen molar-refractivity contribution in [1.29, 1.82) is 0 Å². The molecule has 0 radical (unpaired) electrons. The molecule has 1 aliphatic carbocycles. The summed E-state index contributed by atoms with van der Waals surface area (Å²) in [6.07, 6.45) is 1.29. The summed E-state index contributed by atoms with van der Waals surface area (Å²) in [5.41, 5.74) is -0.374. The van der Waals surface area contributed by atoms with Gasteiger partial charge >= 0.3 is 0 Å². The van der Waals surface area contributed by atoms with Gasteiger partial charge in [-0.3, -0.25) is 0 Å². The van der Waals surface area contributed by atoms with Crippen LogP contribution in [-0.2, 0) is 4.74 Å². The van der Waals surface area contributed by atoms with Crippen LogP contribution in [0.15, 0.2) is 0 Å². The highest BCUT2D eigenvalue weighted by atomic mass is 16.5. The molecule has 4 nitrogen and oxygen atoms in total. The maximum Gasteiger partial charge on any atom is 0.100 e. The predicted molar refractivity (Wildman–Crippen MR) is 65.6 cm³/mol. The van der Waals surface area contributed by atoms with E-state index in [-0.39, 0.29) is 24.9 Å². The van der Waals surface area contributed by atoms with Crippen LogP contribution in [0.4, 0.5) is 0 Å². The third kappa shape index (κ3) is 4.21. The SMILES string of the molecule is CC(C)C1CCC(C)(OCC(O)CO)CC1O. The summed E-state index contributed by atoms with van der Waals surface area (Å²) >= 11 is 0. The Balaban J connectivity index is 2.46. The van der Waals surface area contributed by atoms with E-state index in [0.717, 1.165) is 12.8 Å². The molecule has 0 saturated heterocycles. The monoisotopic (exact) mass is 246 g/mol. The zero-order chi connectivity index (χ0) is 13.1. The molecule has 0 aromatic carbocycles. The van der Waals surface area contributed by atoms with Gasteiger partial charge in [-0.15, -0.1) is 0 Å². The Hall–Kier alpha value is -0.160. The number of aliphatic hydroxyl groups is 3. The van der Waals surface area contributed by atoms with Gasteiger partial charge in [0.15, 0.2) is 0 Å². The van der Waals surface area contributed by atoms with Crippen LogP contribution in [0.25, 0.3) is 0 Å². The largest absolute Gasteiger partial charge is 0.394 e. The van der Waals surface area contributed by atoms with E-state index in [9.17, 15) is 10.2 Å². The molecule has 1 fully saturated rings. The van der Waals surface area contributed by atoms with E-state index in [4.69, 9.17) is 9.84 Å². The van der Waals surface area contributed by atoms with Gasteiger partial charge in [0.25, 0.3) is 0 Å². The first-order valence-corrected chi connectivity index (χ1v) is 6.49. The van der Waals surface area contributed by atoms with Gasteiger partial charge in [0, 0.05) is 6.42 Å². The summed E-state index contributed by atoms with van der Waals surface area (Å²) in [5.74, 6) is 0.826. The van der Waals surface area contributed by atoms with Crippen molar-refractivity contribution in [1.82, 2.24) is 0 Å². The summed E-state index contributed by atoms with van der Waals surface area (Å²) in [4.78, 5) is 0. The minimum atomic E-state index is -0.827. The van der Waals surface area contributed by atoms with Gasteiger partial charge in [-0.25, -0.2) is 0 Å². The first-order valence-electron chi connectivity index (χ1n) is 6.49. The molecule has 4 atom stereocenters. The van der Waals surface area contributed by atoms with Crippen molar-refractivity contribution in [3.8, 4) is 0 Å². The maximum absolute atomic E-state index is 10.1. The lowest BCUT2D eigenvalue weighted by Gasteiger charge is -2.42. The van der Waals surface area contributed by atoms with E-state index in [2.05, 4.69) is 13.8 Å². The van der Waals surface area contributed by atoms with E-state index >= 15 is 0 Å². The molecular weight excluding hydrogens is 220 g/mol. The van der Waals surface area contributed by atoms with Crippen molar-refractivity contribution >= 4 is 0 Å². The van der Waals surface area contributed by atoms with Gasteiger partial charge < -0.3 is 20.1 Å². The van der Waals surface area contributed by atoms with Crippen molar-refractivity contribution in [3.63, 3.8) is 0 Å². The topological polar surface area (TPSA) is 69.9 Å². The average Bonchev–Trinajstić information content (AvgIpc) is 2.25. The Morgan fingerprint density at radius 3 is 2.53 bits per heavy atom. The van der Waals surface area contributed by atoms with Gasteiger partial charge in [-0.2, -0.15) is 0 Å². The number of aliphatic hydroxyl groups excluding tert-OH is 3. The second kappa shape index (κ2) is 6.14. The second-order valence-corrected chi connectivity index (χ2v) is 5.82. The highest BCUT2D eigenvalue weighted by Crippen LogP contribution is 2.38. The average molecular weight is 246 g/mol. The fourth-order valence-corrected chi connectivity index (χ4v) is 2.62. The van der Waals surface area contributed by atoms with Crippen LogP contribution in [0.3, 0.4) is 0 Å². The molecule has 102 valence electrons. The van der Waals surface area contributed by atoms with Crippen molar-refractivity contribution in [2.75, 3.05) is 13.2 Å². The van der Waals surface area contributed by atoms with E-state index < -0.39 is 6.10 Å². The van der Waals surface area contributed by atoms with Crippen molar-refractivity contribution in [2.45, 2.75) is 57.8 Å². The Bertz CT molecular complexity index is 231. The quantitative estimate of drug-likeness (QED) is 0.675. The zero-order valence-electron chi connectivity index (χ0n) is 11.1. The standard InChI is InChI=1S/C13H26O4/c1-9(2)11-4-5-13(3,6-12(11)16)17-8-10(15)7-14/h9-12,14-16H,4-8H2,1-3H3. The Morgan fingerprint density at radius 2 is 2.06 bits per heavy atom. The van der Waals surface area contributed by atoms with Crippen molar-refractivity contribution < 1.29 is 20.1 Å². The zero-order valence-corrected chi connectivity index (χ0v) is 11.1. The van der Waals surface area contributed by atoms with Crippen LogP contribution >= 0.6 is 0 Å². The van der Waals surface area contributed by atoms with E-state index in [1.807, 2.05) is 6.92 Å².